The lowest BCUT2D eigenvalue weighted by molar-refractivity contribution is 0.0340. The minimum Gasteiger partial charge on any atom is -0.312 e. The summed E-state index contributed by atoms with van der Waals surface area (Å²) in [5.41, 5.74) is 3.29. The first-order valence-electron chi connectivity index (χ1n) is 12.1. The van der Waals surface area contributed by atoms with E-state index >= 15 is 0 Å². The molecule has 1 aromatic carbocycles. The maximum Gasteiger partial charge on any atom is 0.326 e. The second-order valence-corrected chi connectivity index (χ2v) is 9.68. The van der Waals surface area contributed by atoms with Crippen LogP contribution < -0.4 is 4.90 Å². The Balaban J connectivity index is 1.46. The molecule has 0 bridgehead atoms. The Kier molecular flexibility index (Phi) is 6.46. The minimum absolute atomic E-state index is 0.205. The Morgan fingerprint density at radius 1 is 1.14 bits per heavy atom. The van der Waals surface area contributed by atoms with E-state index in [1.54, 1.807) is 40.1 Å². The number of piperidine rings is 1. The third kappa shape index (κ3) is 4.45. The first-order valence-corrected chi connectivity index (χ1v) is 12.1. The largest absolute Gasteiger partial charge is 0.326 e. The third-order valence-electron chi connectivity index (χ3n) is 7.54. The molecule has 10 heteroatoms. The minimum atomic E-state index is -2.40. The van der Waals surface area contributed by atoms with Crippen molar-refractivity contribution < 1.29 is 18.0 Å². The fourth-order valence-corrected chi connectivity index (χ4v) is 5.38. The zero-order valence-corrected chi connectivity index (χ0v) is 20.3. The lowest BCUT2D eigenvalue weighted by atomic mass is 9.86. The van der Waals surface area contributed by atoms with Gasteiger partial charge in [0, 0.05) is 42.7 Å². The molecule has 2 aliphatic heterocycles. The van der Waals surface area contributed by atoms with Gasteiger partial charge < -0.3 is 4.90 Å². The van der Waals surface area contributed by atoms with Crippen molar-refractivity contribution in [3.63, 3.8) is 0 Å². The van der Waals surface area contributed by atoms with Crippen molar-refractivity contribution >= 4 is 11.8 Å². The van der Waals surface area contributed by atoms with Crippen molar-refractivity contribution in [3.8, 4) is 11.1 Å². The van der Waals surface area contributed by atoms with Gasteiger partial charge in [-0.3, -0.25) is 14.9 Å². The molecule has 0 unspecified atom stereocenters. The van der Waals surface area contributed by atoms with Gasteiger partial charge in [0.25, 0.3) is 6.43 Å². The predicted octanol–water partition coefficient (Wildman–Crippen LogP) is 4.77. The van der Waals surface area contributed by atoms with E-state index in [0.717, 1.165) is 22.4 Å². The first kappa shape index (κ1) is 24.3. The second kappa shape index (κ2) is 9.57. The van der Waals surface area contributed by atoms with Crippen molar-refractivity contribution in [2.45, 2.75) is 45.2 Å². The van der Waals surface area contributed by atoms with Crippen molar-refractivity contribution in [2.24, 2.45) is 0 Å². The molecule has 0 saturated carbocycles. The molecule has 2 amide bonds. The van der Waals surface area contributed by atoms with Gasteiger partial charge in [-0.25, -0.2) is 22.9 Å². The summed E-state index contributed by atoms with van der Waals surface area (Å²) in [6.45, 7) is 4.91. The molecular weight excluding hydrogens is 469 g/mol. The summed E-state index contributed by atoms with van der Waals surface area (Å²) in [6, 6.07) is 8.42. The van der Waals surface area contributed by atoms with Gasteiger partial charge in [0.2, 0.25) is 0 Å². The maximum absolute atomic E-state index is 14.3. The highest BCUT2D eigenvalue weighted by Gasteiger charge is 2.51. The van der Waals surface area contributed by atoms with Crippen LogP contribution in [0.25, 0.3) is 11.1 Å². The lowest BCUT2D eigenvalue weighted by Gasteiger charge is -2.43. The summed E-state index contributed by atoms with van der Waals surface area (Å²) in [4.78, 5) is 23.8. The third-order valence-corrected chi connectivity index (χ3v) is 7.54. The van der Waals surface area contributed by atoms with E-state index in [2.05, 4.69) is 10.2 Å². The fraction of sp³-hybridized carbons (Fsp3) is 0.423. The molecule has 4 heterocycles. The van der Waals surface area contributed by atoms with Crippen LogP contribution >= 0.6 is 0 Å². The number of urea groups is 1. The molecule has 2 aliphatic rings. The van der Waals surface area contributed by atoms with Crippen LogP contribution in [0.15, 0.2) is 42.7 Å². The number of aromatic nitrogens is 3. The maximum atomic E-state index is 14.3. The molecule has 36 heavy (non-hydrogen) atoms. The molecule has 1 N–H and O–H groups in total. The van der Waals surface area contributed by atoms with Gasteiger partial charge in [0.15, 0.2) is 0 Å². The van der Waals surface area contributed by atoms with E-state index < -0.39 is 12.0 Å². The average molecular weight is 499 g/mol. The second-order valence-electron chi connectivity index (χ2n) is 9.68. The van der Waals surface area contributed by atoms with E-state index in [1.807, 2.05) is 25.1 Å². The van der Waals surface area contributed by atoms with Gasteiger partial charge in [-0.15, -0.1) is 0 Å². The van der Waals surface area contributed by atoms with Gasteiger partial charge in [0.1, 0.15) is 11.6 Å². The van der Waals surface area contributed by atoms with E-state index in [-0.39, 0.29) is 24.9 Å². The highest BCUT2D eigenvalue weighted by molar-refractivity contribution is 5.94. The number of hydrogen-bond donors (Lipinski definition) is 1. The van der Waals surface area contributed by atoms with Gasteiger partial charge >= 0.3 is 6.03 Å². The highest BCUT2D eigenvalue weighted by atomic mass is 19.3. The first-order chi connectivity index (χ1) is 17.3. The Morgan fingerprint density at radius 2 is 1.92 bits per heavy atom. The number of halogens is 3. The molecule has 1 spiro atoms. The molecule has 0 aliphatic carbocycles. The zero-order valence-electron chi connectivity index (χ0n) is 20.3. The number of carbonyl (C=O) groups excluding carboxylic acids is 1. The number of likely N-dealkylation sites (tertiary alicyclic amines) is 1. The number of alkyl halides is 2. The van der Waals surface area contributed by atoms with Crippen LogP contribution in [0.1, 0.15) is 29.7 Å². The number of anilines is 1. The zero-order chi connectivity index (χ0) is 25.4. The summed E-state index contributed by atoms with van der Waals surface area (Å²) in [6.07, 6.45) is 2.23. The smallest absolute Gasteiger partial charge is 0.312 e. The van der Waals surface area contributed by atoms with Crippen LogP contribution in [0, 0.1) is 19.7 Å². The molecule has 3 aromatic rings. The summed E-state index contributed by atoms with van der Waals surface area (Å²) >= 11 is 0. The number of aryl methyl sites for hydroxylation is 1. The lowest BCUT2D eigenvalue weighted by Crippen LogP contribution is -2.54. The number of pyridine rings is 1. The molecule has 5 rings (SSSR count). The number of nitrogens with zero attached hydrogens (tertiary/aromatic N) is 5. The molecule has 2 fully saturated rings. The van der Waals surface area contributed by atoms with E-state index in [0.29, 0.717) is 43.9 Å². The topological polar surface area (TPSA) is 68.4 Å². The van der Waals surface area contributed by atoms with E-state index in [9.17, 15) is 18.0 Å². The Labute approximate surface area is 207 Å². The summed E-state index contributed by atoms with van der Waals surface area (Å²) in [7, 11) is 0. The number of nitrogens with one attached hydrogen (secondary N) is 1. The predicted molar refractivity (Wildman–Crippen MR) is 130 cm³/mol. The summed E-state index contributed by atoms with van der Waals surface area (Å²) in [5, 5.41) is 6.79. The number of H-pyrrole nitrogens is 1. The number of benzene rings is 1. The molecular formula is C26H29F3N6O. The SMILES string of the molecule is Cc1nc(N2CC3(CCN(CC(F)F)CC3)N(Cc3cccc(F)c3C)C2=O)ccc1-c1cn[nH]c1. The van der Waals surface area contributed by atoms with E-state index in [1.165, 1.54) is 6.07 Å². The number of amides is 2. The molecule has 0 radical (unpaired) electrons. The molecule has 190 valence electrons. The Hall–Kier alpha value is -3.40. The van der Waals surface area contributed by atoms with Crippen molar-refractivity contribution in [1.29, 1.82) is 0 Å². The number of aromatic amines is 1. The Bertz CT molecular complexity index is 1240. The van der Waals surface area contributed by atoms with Gasteiger partial charge in [-0.1, -0.05) is 12.1 Å². The number of rotatable bonds is 6. The van der Waals surface area contributed by atoms with Crippen molar-refractivity contribution in [2.75, 3.05) is 31.1 Å². The van der Waals surface area contributed by atoms with Crippen molar-refractivity contribution in [3.05, 3.63) is 65.4 Å². The molecule has 2 aromatic heterocycles. The quantitative estimate of drug-likeness (QED) is 0.532. The van der Waals surface area contributed by atoms with Crippen LogP contribution in [-0.4, -0.2) is 69.2 Å². The van der Waals surface area contributed by atoms with Crippen LogP contribution in [0.5, 0.6) is 0 Å². The van der Waals surface area contributed by atoms with Gasteiger partial charge in [-0.2, -0.15) is 5.10 Å². The van der Waals surface area contributed by atoms with Crippen LogP contribution in [0.2, 0.25) is 0 Å². The summed E-state index contributed by atoms with van der Waals surface area (Å²) in [5.74, 6) is 0.224. The fourth-order valence-electron chi connectivity index (χ4n) is 5.38. The van der Waals surface area contributed by atoms with E-state index in [4.69, 9.17) is 4.98 Å². The highest BCUT2D eigenvalue weighted by Crippen LogP contribution is 2.40. The standard InChI is InChI=1S/C26H29F3N6O/c1-17-19(4-3-5-22(17)27)14-35-25(36)34(16-26(35)8-10-33(11-9-26)15-23(28)29)24-7-6-21(18(2)32-24)20-12-30-31-13-20/h3-7,12-13,23H,8-11,14-16H2,1-2H3,(H,30,31). The monoisotopic (exact) mass is 498 g/mol. The Morgan fingerprint density at radius 3 is 2.58 bits per heavy atom. The van der Waals surface area contributed by atoms with Crippen LogP contribution in [0.4, 0.5) is 23.8 Å². The van der Waals surface area contributed by atoms with Crippen molar-refractivity contribution in [1.82, 2.24) is 25.0 Å². The number of hydrogen-bond acceptors (Lipinski definition) is 4. The normalized spacial score (nSPS) is 18.1. The van der Waals surface area contributed by atoms with Crippen LogP contribution in [0.3, 0.4) is 0 Å². The molecule has 0 atom stereocenters. The summed E-state index contributed by atoms with van der Waals surface area (Å²) < 4.78 is 40.3. The van der Waals surface area contributed by atoms with Gasteiger partial charge in [0.05, 0.1) is 24.8 Å². The van der Waals surface area contributed by atoms with Gasteiger partial charge in [-0.05, 0) is 56.0 Å². The molecule has 7 nitrogen and oxygen atoms in total. The number of carbonyl (C=O) groups is 1. The molecule has 2 saturated heterocycles. The van der Waals surface area contributed by atoms with Crippen LogP contribution in [-0.2, 0) is 6.54 Å². The average Bonchev–Trinajstić information content (AvgIpc) is 3.46.